The molecule has 0 fully saturated rings. The molecule has 0 heterocycles. The highest BCUT2D eigenvalue weighted by atomic mass is 16.4. The molecule has 0 aromatic heterocycles. The van der Waals surface area contributed by atoms with Gasteiger partial charge in [0, 0.05) is 6.42 Å². The normalized spacial score (nSPS) is 13.7. The van der Waals surface area contributed by atoms with Crippen LogP contribution in [0.1, 0.15) is 39.0 Å². The maximum atomic E-state index is 12.1. The third-order valence-corrected chi connectivity index (χ3v) is 3.76. The van der Waals surface area contributed by atoms with Gasteiger partial charge in [0.05, 0.1) is 12.6 Å². The maximum absolute atomic E-state index is 12.1. The summed E-state index contributed by atoms with van der Waals surface area (Å²) in [4.78, 5) is 57.5. The number of unbranched alkanes of at least 4 members (excludes halogenated alkanes) is 1. The van der Waals surface area contributed by atoms with Crippen LogP contribution < -0.4 is 27.4 Å². The third kappa shape index (κ3) is 11.1. The van der Waals surface area contributed by atoms with Gasteiger partial charge < -0.3 is 37.6 Å². The van der Waals surface area contributed by atoms with E-state index in [0.717, 1.165) is 6.42 Å². The highest BCUT2D eigenvalue weighted by molar-refractivity contribution is 5.92. The van der Waals surface area contributed by atoms with Crippen molar-refractivity contribution in [1.29, 1.82) is 0 Å². The molecule has 0 saturated heterocycles. The first-order valence-corrected chi connectivity index (χ1v) is 8.86. The summed E-state index contributed by atoms with van der Waals surface area (Å²) in [7, 11) is 0. The summed E-state index contributed by atoms with van der Waals surface area (Å²) in [6.45, 7) is 1.24. The Bertz CT molecular complexity index is 570. The van der Waals surface area contributed by atoms with E-state index < -0.39 is 60.8 Å². The smallest absolute Gasteiger partial charge is 0.325 e. The van der Waals surface area contributed by atoms with Crippen molar-refractivity contribution in [3.05, 3.63) is 0 Å². The van der Waals surface area contributed by atoms with Crippen LogP contribution in [0.3, 0.4) is 0 Å². The number of carboxylic acid groups (broad SMARTS) is 2. The molecule has 0 bridgehead atoms. The van der Waals surface area contributed by atoms with Gasteiger partial charge in [0.2, 0.25) is 17.7 Å². The van der Waals surface area contributed by atoms with Crippen LogP contribution in [-0.2, 0) is 24.0 Å². The summed E-state index contributed by atoms with van der Waals surface area (Å²) in [5.41, 5.74) is 11.0. The number of carbonyl (C=O) groups excluding carboxylic acids is 3. The van der Waals surface area contributed by atoms with E-state index in [1.165, 1.54) is 6.92 Å². The molecule has 3 atom stereocenters. The van der Waals surface area contributed by atoms with Crippen molar-refractivity contribution in [1.82, 2.24) is 16.0 Å². The van der Waals surface area contributed by atoms with E-state index in [1.54, 1.807) is 0 Å². The van der Waals surface area contributed by atoms with Crippen molar-refractivity contribution < 1.29 is 34.2 Å². The SMILES string of the molecule is CC(NC(=O)C(CCC(=O)O)NC(=O)CNC(=O)C(N)CCCCN)C(=O)O. The number of carboxylic acids is 2. The zero-order valence-electron chi connectivity index (χ0n) is 15.8. The van der Waals surface area contributed by atoms with Gasteiger partial charge in [-0.2, -0.15) is 0 Å². The van der Waals surface area contributed by atoms with E-state index in [4.69, 9.17) is 21.7 Å². The van der Waals surface area contributed by atoms with Gasteiger partial charge in [-0.15, -0.1) is 0 Å². The fourth-order valence-electron chi connectivity index (χ4n) is 2.10. The first kappa shape index (κ1) is 25.3. The molecule has 28 heavy (non-hydrogen) atoms. The Balaban J connectivity index is 4.64. The lowest BCUT2D eigenvalue weighted by atomic mass is 10.1. The van der Waals surface area contributed by atoms with Crippen LogP contribution in [0.25, 0.3) is 0 Å². The molecule has 0 aromatic rings. The molecule has 12 nitrogen and oxygen atoms in total. The van der Waals surface area contributed by atoms with Crippen LogP contribution in [0.2, 0.25) is 0 Å². The van der Waals surface area contributed by atoms with Crippen molar-refractivity contribution in [2.24, 2.45) is 11.5 Å². The number of hydrogen-bond acceptors (Lipinski definition) is 7. The number of carbonyl (C=O) groups is 5. The van der Waals surface area contributed by atoms with E-state index in [0.29, 0.717) is 19.4 Å². The Hall–Kier alpha value is -2.73. The van der Waals surface area contributed by atoms with E-state index in [9.17, 15) is 24.0 Å². The van der Waals surface area contributed by atoms with Crippen molar-refractivity contribution in [2.75, 3.05) is 13.1 Å². The minimum atomic E-state index is -1.28. The van der Waals surface area contributed by atoms with Crippen molar-refractivity contribution in [2.45, 2.75) is 57.2 Å². The van der Waals surface area contributed by atoms with E-state index in [1.807, 2.05) is 0 Å². The van der Waals surface area contributed by atoms with Gasteiger partial charge in [-0.3, -0.25) is 24.0 Å². The van der Waals surface area contributed by atoms with Crippen LogP contribution >= 0.6 is 0 Å². The first-order valence-electron chi connectivity index (χ1n) is 8.86. The molecule has 3 amide bonds. The minimum absolute atomic E-state index is 0.244. The highest BCUT2D eigenvalue weighted by Gasteiger charge is 2.25. The zero-order chi connectivity index (χ0) is 21.7. The summed E-state index contributed by atoms with van der Waals surface area (Å²) in [5.74, 6) is -4.59. The van der Waals surface area contributed by atoms with Crippen LogP contribution in [0.15, 0.2) is 0 Å². The fraction of sp³-hybridized carbons (Fsp3) is 0.688. The van der Waals surface area contributed by atoms with Gasteiger partial charge in [-0.1, -0.05) is 6.42 Å². The fourth-order valence-corrected chi connectivity index (χ4v) is 2.10. The lowest BCUT2D eigenvalue weighted by Crippen LogP contribution is -2.53. The third-order valence-electron chi connectivity index (χ3n) is 3.76. The van der Waals surface area contributed by atoms with Crippen LogP contribution in [-0.4, -0.2) is 71.1 Å². The van der Waals surface area contributed by atoms with Gasteiger partial charge in [0.1, 0.15) is 12.1 Å². The van der Waals surface area contributed by atoms with Gasteiger partial charge in [0.25, 0.3) is 0 Å². The van der Waals surface area contributed by atoms with Gasteiger partial charge in [0.15, 0.2) is 0 Å². The molecule has 0 aromatic carbocycles. The number of aliphatic carboxylic acids is 2. The summed E-state index contributed by atoms with van der Waals surface area (Å²) < 4.78 is 0. The average molecular weight is 403 g/mol. The van der Waals surface area contributed by atoms with Crippen LogP contribution in [0.4, 0.5) is 0 Å². The van der Waals surface area contributed by atoms with Crippen molar-refractivity contribution >= 4 is 29.7 Å². The Kier molecular flexibility index (Phi) is 12.1. The standard InChI is InChI=1S/C16H29N5O7/c1-9(16(27)28)20-15(26)11(5-6-13(23)24)21-12(22)8-19-14(25)10(18)4-2-3-7-17/h9-11H,2-8,17-18H2,1H3,(H,19,25)(H,20,26)(H,21,22)(H,23,24)(H,27,28). The molecule has 0 aliphatic rings. The van der Waals surface area contributed by atoms with Gasteiger partial charge >= 0.3 is 11.9 Å². The number of hydrogen-bond donors (Lipinski definition) is 7. The molecule has 0 aliphatic heterocycles. The summed E-state index contributed by atoms with van der Waals surface area (Å²) in [6, 6.07) is -3.29. The highest BCUT2D eigenvalue weighted by Crippen LogP contribution is 2.00. The van der Waals surface area contributed by atoms with E-state index in [-0.39, 0.29) is 6.42 Å². The number of rotatable bonds is 14. The summed E-state index contributed by atoms with van der Waals surface area (Å²) >= 11 is 0. The number of nitrogens with one attached hydrogen (secondary N) is 3. The lowest BCUT2D eigenvalue weighted by Gasteiger charge is -2.20. The second-order valence-electron chi connectivity index (χ2n) is 6.23. The summed E-state index contributed by atoms with van der Waals surface area (Å²) in [5, 5.41) is 24.4. The van der Waals surface area contributed by atoms with Crippen LogP contribution in [0, 0.1) is 0 Å². The van der Waals surface area contributed by atoms with E-state index >= 15 is 0 Å². The van der Waals surface area contributed by atoms with Crippen molar-refractivity contribution in [3.63, 3.8) is 0 Å². The molecule has 3 unspecified atom stereocenters. The Morgan fingerprint density at radius 1 is 0.964 bits per heavy atom. The second-order valence-corrected chi connectivity index (χ2v) is 6.23. The molecule has 0 aliphatic carbocycles. The summed E-state index contributed by atoms with van der Waals surface area (Å²) in [6.07, 6.45) is 1.12. The van der Waals surface area contributed by atoms with Gasteiger partial charge in [-0.25, -0.2) is 0 Å². The van der Waals surface area contributed by atoms with Gasteiger partial charge in [-0.05, 0) is 32.7 Å². The molecule has 0 radical (unpaired) electrons. The Morgan fingerprint density at radius 2 is 1.61 bits per heavy atom. The Morgan fingerprint density at radius 3 is 2.14 bits per heavy atom. The molecule has 9 N–H and O–H groups in total. The molecule has 0 saturated carbocycles. The first-order chi connectivity index (χ1) is 13.1. The maximum Gasteiger partial charge on any atom is 0.325 e. The lowest BCUT2D eigenvalue weighted by molar-refractivity contribution is -0.142. The predicted molar refractivity (Wildman–Crippen MR) is 97.9 cm³/mol. The molecular formula is C16H29N5O7. The predicted octanol–water partition coefficient (Wildman–Crippen LogP) is -2.50. The zero-order valence-corrected chi connectivity index (χ0v) is 15.8. The largest absolute Gasteiger partial charge is 0.481 e. The average Bonchev–Trinajstić information content (AvgIpc) is 2.62. The topological polar surface area (TPSA) is 214 Å². The number of amides is 3. The molecule has 12 heteroatoms. The van der Waals surface area contributed by atoms with Crippen molar-refractivity contribution in [3.8, 4) is 0 Å². The molecule has 0 rings (SSSR count). The second kappa shape index (κ2) is 13.4. The Labute approximate surface area is 162 Å². The number of nitrogens with two attached hydrogens (primary N) is 2. The molecule has 160 valence electrons. The molecule has 0 spiro atoms. The van der Waals surface area contributed by atoms with E-state index in [2.05, 4.69) is 16.0 Å². The van der Waals surface area contributed by atoms with Crippen LogP contribution in [0.5, 0.6) is 0 Å². The minimum Gasteiger partial charge on any atom is -0.481 e. The monoisotopic (exact) mass is 403 g/mol. The quantitative estimate of drug-likeness (QED) is 0.152. The molecular weight excluding hydrogens is 374 g/mol.